The van der Waals surface area contributed by atoms with E-state index in [4.69, 9.17) is 0 Å². The zero-order valence-corrected chi connectivity index (χ0v) is 26.2. The number of benzene rings is 7. The number of rotatable bonds is 7. The molecule has 0 aliphatic heterocycles. The molecule has 0 fully saturated rings. The molecule has 0 bridgehead atoms. The van der Waals surface area contributed by atoms with E-state index in [1.54, 1.807) is 24.3 Å². The predicted molar refractivity (Wildman–Crippen MR) is 193 cm³/mol. The predicted octanol–water partition coefficient (Wildman–Crippen LogP) is 7.98. The van der Waals surface area contributed by atoms with Crippen LogP contribution >= 0.6 is 7.26 Å². The van der Waals surface area contributed by atoms with Crippen LogP contribution < -0.4 is 21.2 Å². The molecule has 0 aliphatic carbocycles. The van der Waals surface area contributed by atoms with E-state index in [0.717, 1.165) is 16.3 Å². The number of phenolic OH excluding ortho intramolecular Hbond substituents is 2. The molecule has 7 rings (SSSR count). The van der Waals surface area contributed by atoms with Gasteiger partial charge in [-0.1, -0.05) is 109 Å². The maximum absolute atomic E-state index is 12.3. The largest absolute Gasteiger partial charge is 0.508 e. The summed E-state index contributed by atoms with van der Waals surface area (Å²) in [6.07, 6.45) is 0.298. The summed E-state index contributed by atoms with van der Waals surface area (Å²) in [7, 11) is -2.04. The van der Waals surface area contributed by atoms with E-state index in [2.05, 4.69) is 103 Å². The smallest absolute Gasteiger partial charge is 0.170 e. The van der Waals surface area contributed by atoms with Gasteiger partial charge in [0.15, 0.2) is 5.78 Å². The molecule has 7 aromatic carbocycles. The molecule has 0 radical (unpaired) electrons. The van der Waals surface area contributed by atoms with Crippen LogP contribution in [0, 0.1) is 0 Å². The summed E-state index contributed by atoms with van der Waals surface area (Å²) in [4.78, 5) is 12.3. The Labute approximate surface area is 270 Å². The van der Waals surface area contributed by atoms with E-state index in [-0.39, 0.29) is 11.5 Å². The van der Waals surface area contributed by atoms with Crippen LogP contribution in [0.2, 0.25) is 0 Å². The van der Waals surface area contributed by atoms with Gasteiger partial charge in [-0.2, -0.15) is 0 Å². The van der Waals surface area contributed by atoms with Crippen molar-refractivity contribution in [1.82, 2.24) is 0 Å². The highest BCUT2D eigenvalue weighted by atomic mass is 31.2. The van der Waals surface area contributed by atoms with E-state index >= 15 is 0 Å². The first-order valence-electron chi connectivity index (χ1n) is 15.2. The first-order chi connectivity index (χ1) is 22.6. The van der Waals surface area contributed by atoms with Crippen LogP contribution in [0.25, 0.3) is 10.8 Å². The van der Waals surface area contributed by atoms with Crippen LogP contribution in [0.4, 0.5) is 0 Å². The summed E-state index contributed by atoms with van der Waals surface area (Å²) in [6.45, 7) is 0. The van der Waals surface area contributed by atoms with Crippen molar-refractivity contribution >= 4 is 45.0 Å². The van der Waals surface area contributed by atoms with Gasteiger partial charge in [-0.25, -0.2) is 0 Å². The molecule has 0 unspecified atom stereocenters. The van der Waals surface area contributed by atoms with Crippen LogP contribution in [0.5, 0.6) is 11.5 Å². The van der Waals surface area contributed by atoms with Crippen molar-refractivity contribution < 1.29 is 15.0 Å². The number of phenols is 2. The number of Topliss-reactive ketones (excluding diaryl/α,β-unsaturated/α-hetero) is 1. The molecule has 0 heterocycles. The van der Waals surface area contributed by atoms with Crippen LogP contribution in [0.3, 0.4) is 0 Å². The summed E-state index contributed by atoms with van der Waals surface area (Å²) in [6, 6.07) is 60.5. The van der Waals surface area contributed by atoms with Gasteiger partial charge in [-0.05, 0) is 89.1 Å². The topological polar surface area (TPSA) is 57.5 Å². The molecular formula is C42H34O3P+. The number of fused-ring (bicyclic) bond motifs is 1. The minimum atomic E-state index is -2.04. The molecule has 0 saturated heterocycles. The maximum Gasteiger partial charge on any atom is 0.170 e. The Kier molecular flexibility index (Phi) is 9.34. The first kappa shape index (κ1) is 30.5. The lowest BCUT2D eigenvalue weighted by molar-refractivity contribution is 0.0990. The molecule has 0 saturated carbocycles. The Bertz CT molecular complexity index is 1930. The summed E-state index contributed by atoms with van der Waals surface area (Å²) in [5.74, 6) is 0.269. The average molecular weight is 618 g/mol. The molecule has 7 aromatic rings. The molecule has 0 atom stereocenters. The Hall–Kier alpha value is -5.50. The van der Waals surface area contributed by atoms with E-state index in [1.807, 2.05) is 54.6 Å². The van der Waals surface area contributed by atoms with E-state index in [0.29, 0.717) is 17.7 Å². The molecule has 46 heavy (non-hydrogen) atoms. The number of ketones is 1. The summed E-state index contributed by atoms with van der Waals surface area (Å²) in [5.41, 5.74) is 1.33. The lowest BCUT2D eigenvalue weighted by atomic mass is 9.99. The van der Waals surface area contributed by atoms with Crippen molar-refractivity contribution in [2.24, 2.45) is 0 Å². The molecule has 4 heteroatoms. The lowest BCUT2D eigenvalue weighted by Crippen LogP contribution is -2.38. The highest BCUT2D eigenvalue weighted by Gasteiger charge is 2.47. The van der Waals surface area contributed by atoms with Gasteiger partial charge in [0.2, 0.25) is 0 Å². The summed E-state index contributed by atoms with van der Waals surface area (Å²) >= 11 is 0. The fraction of sp³-hybridized carbons (Fsp3) is 0.0238. The van der Waals surface area contributed by atoms with Crippen LogP contribution in [0.1, 0.15) is 15.9 Å². The molecule has 3 nitrogen and oxygen atoms in total. The zero-order chi connectivity index (χ0) is 31.8. The Morgan fingerprint density at radius 2 is 0.848 bits per heavy atom. The third kappa shape index (κ3) is 6.47. The minimum Gasteiger partial charge on any atom is -0.508 e. The van der Waals surface area contributed by atoms with Crippen molar-refractivity contribution in [3.63, 3.8) is 0 Å². The quantitative estimate of drug-likeness (QED) is 0.141. The van der Waals surface area contributed by atoms with Gasteiger partial charge >= 0.3 is 0 Å². The Morgan fingerprint density at radius 1 is 0.457 bits per heavy atom. The molecule has 0 aromatic heterocycles. The number of hydrogen-bond acceptors (Lipinski definition) is 3. The van der Waals surface area contributed by atoms with Crippen molar-refractivity contribution in [3.8, 4) is 11.5 Å². The highest BCUT2D eigenvalue weighted by molar-refractivity contribution is 8.01. The van der Waals surface area contributed by atoms with E-state index in [1.165, 1.54) is 21.2 Å². The van der Waals surface area contributed by atoms with Crippen LogP contribution in [-0.2, 0) is 6.42 Å². The van der Waals surface area contributed by atoms with Gasteiger partial charge in [0.25, 0.3) is 0 Å². The minimum absolute atomic E-state index is 0.0460. The third-order valence-corrected chi connectivity index (χ3v) is 12.3. The third-order valence-electron chi connectivity index (χ3n) is 8.04. The standard InChI is InChI=1S/C24H19OP.C18H14O2/c25-20-16-18-24(19-17-20)26(21-10-4-1-5-11-21,22-12-6-2-7-13-22)23-14-8-3-9-15-23;19-17(10-13-6-2-1-3-7-13)16-11-14-8-4-5-9-15(14)12-18(16)20/h1-19H;1-9,11-12,20H,10H2/p+1. The zero-order valence-electron chi connectivity index (χ0n) is 25.3. The van der Waals surface area contributed by atoms with Crippen molar-refractivity contribution in [2.75, 3.05) is 0 Å². The van der Waals surface area contributed by atoms with Gasteiger partial charge in [0.05, 0.1) is 5.56 Å². The number of carbonyl (C=O) groups excluding carboxylic acids is 1. The molecule has 0 amide bonds. The van der Waals surface area contributed by atoms with Crippen LogP contribution in [0.15, 0.2) is 182 Å². The summed E-state index contributed by atoms with van der Waals surface area (Å²) < 4.78 is 0. The van der Waals surface area contributed by atoms with Crippen LogP contribution in [-0.4, -0.2) is 16.0 Å². The molecule has 0 spiro atoms. The Morgan fingerprint density at radius 3 is 1.33 bits per heavy atom. The second-order valence-corrected chi connectivity index (χ2v) is 14.4. The number of aromatic hydroxyl groups is 2. The molecule has 0 aliphatic rings. The van der Waals surface area contributed by atoms with Gasteiger partial charge in [-0.15, -0.1) is 0 Å². The number of carbonyl (C=O) groups is 1. The van der Waals surface area contributed by atoms with Gasteiger partial charge in [0, 0.05) is 6.42 Å². The second kappa shape index (κ2) is 14.1. The summed E-state index contributed by atoms with van der Waals surface area (Å²) in [5, 5.41) is 26.9. The Balaban J connectivity index is 0.000000167. The van der Waals surface area contributed by atoms with E-state index < -0.39 is 7.26 Å². The first-order valence-corrected chi connectivity index (χ1v) is 17.0. The monoisotopic (exact) mass is 617 g/mol. The van der Waals surface area contributed by atoms with Crippen molar-refractivity contribution in [2.45, 2.75) is 6.42 Å². The highest BCUT2D eigenvalue weighted by Crippen LogP contribution is 2.54. The molecule has 2 N–H and O–H groups in total. The fourth-order valence-corrected chi connectivity index (χ4v) is 10.1. The van der Waals surface area contributed by atoms with Gasteiger partial charge < -0.3 is 10.2 Å². The van der Waals surface area contributed by atoms with Gasteiger partial charge in [0.1, 0.15) is 40.0 Å². The SMILES string of the molecule is O=C(Cc1ccccc1)c1cc2ccccc2cc1O.Oc1ccc([P+](c2ccccc2)(c2ccccc2)c2ccccc2)cc1. The van der Waals surface area contributed by atoms with E-state index in [9.17, 15) is 15.0 Å². The fourth-order valence-electron chi connectivity index (χ4n) is 5.85. The molecular weight excluding hydrogens is 583 g/mol. The maximum atomic E-state index is 12.3. The lowest BCUT2D eigenvalue weighted by Gasteiger charge is -2.27. The second-order valence-electron chi connectivity index (χ2n) is 11.0. The van der Waals surface area contributed by atoms with Crippen molar-refractivity contribution in [1.29, 1.82) is 0 Å². The average Bonchev–Trinajstić information content (AvgIpc) is 3.11. The van der Waals surface area contributed by atoms with Gasteiger partial charge in [-0.3, -0.25) is 4.79 Å². The molecule has 224 valence electrons. The normalized spacial score (nSPS) is 11.0. The number of hydrogen-bond donors (Lipinski definition) is 2. The van der Waals surface area contributed by atoms with Crippen molar-refractivity contribution in [3.05, 3.63) is 193 Å².